The fraction of sp³-hybridized carbons (Fsp3) is 0.432. The van der Waals surface area contributed by atoms with Gasteiger partial charge in [0.1, 0.15) is 11.6 Å². The van der Waals surface area contributed by atoms with Gasteiger partial charge in [0.15, 0.2) is 0 Å². The number of aliphatic hydroxyl groups is 1. The molecule has 1 aliphatic rings. The van der Waals surface area contributed by atoms with E-state index in [-0.39, 0.29) is 48.7 Å². The molecule has 4 rings (SSSR count). The number of hydrogen-bond acceptors (Lipinski definition) is 6. The molecule has 0 fully saturated rings. The van der Waals surface area contributed by atoms with Gasteiger partial charge in [0, 0.05) is 49.7 Å². The molecule has 0 spiro atoms. The van der Waals surface area contributed by atoms with Crippen molar-refractivity contribution < 1.29 is 46.5 Å². The van der Waals surface area contributed by atoms with E-state index in [1.165, 1.54) is 59.3 Å². The van der Waals surface area contributed by atoms with Crippen molar-refractivity contribution in [2.24, 2.45) is 5.92 Å². The Kier molecular flexibility index (Phi) is 13.8. The minimum Gasteiger partial charge on any atom is -0.490 e. The van der Waals surface area contributed by atoms with E-state index in [2.05, 4.69) is 16.0 Å². The SMILES string of the molecule is C[C@H]1CCCCO[C@H](CN(C)C(=O)Nc2ccc(C(F)(F)F)cc2)[C@@H](C)CN([C@@H](C)CO)C(=O)c2cc(NC(=O)Nc3ccc(F)cc3)ccc2O1. The van der Waals surface area contributed by atoms with Crippen LogP contribution in [0.15, 0.2) is 66.7 Å². The number of rotatable bonds is 7. The van der Waals surface area contributed by atoms with E-state index in [0.29, 0.717) is 30.9 Å². The summed E-state index contributed by atoms with van der Waals surface area (Å²) in [5.74, 6) is -0.988. The average Bonchev–Trinajstić information content (AvgIpc) is 3.10. The van der Waals surface area contributed by atoms with Crippen molar-refractivity contribution in [3.05, 3.63) is 83.7 Å². The number of nitrogens with zero attached hydrogens (tertiary/aromatic N) is 2. The van der Waals surface area contributed by atoms with Crippen molar-refractivity contribution in [2.45, 2.75) is 64.5 Å². The maximum absolute atomic E-state index is 14.3. The van der Waals surface area contributed by atoms with Crippen LogP contribution < -0.4 is 20.7 Å². The highest BCUT2D eigenvalue weighted by molar-refractivity contribution is 6.02. The summed E-state index contributed by atoms with van der Waals surface area (Å²) in [6.07, 6.45) is -3.28. The topological polar surface area (TPSA) is 132 Å². The zero-order valence-corrected chi connectivity index (χ0v) is 29.5. The molecule has 11 nitrogen and oxygen atoms in total. The van der Waals surface area contributed by atoms with Gasteiger partial charge in [-0.15, -0.1) is 0 Å². The summed E-state index contributed by atoms with van der Waals surface area (Å²) in [7, 11) is 1.54. The molecule has 1 aliphatic heterocycles. The van der Waals surface area contributed by atoms with Crippen LogP contribution >= 0.6 is 0 Å². The van der Waals surface area contributed by atoms with Crippen LogP contribution in [0.2, 0.25) is 0 Å². The first-order valence-corrected chi connectivity index (χ1v) is 17.0. The molecule has 0 aliphatic carbocycles. The number of halogens is 4. The Morgan fingerprint density at radius 1 is 0.962 bits per heavy atom. The van der Waals surface area contributed by atoms with Gasteiger partial charge in [-0.1, -0.05) is 6.92 Å². The van der Waals surface area contributed by atoms with E-state index in [0.717, 1.165) is 18.6 Å². The Morgan fingerprint density at radius 2 is 1.58 bits per heavy atom. The number of alkyl halides is 3. The van der Waals surface area contributed by atoms with Crippen LogP contribution in [0, 0.1) is 11.7 Å². The molecule has 4 atom stereocenters. The molecule has 0 saturated heterocycles. The van der Waals surface area contributed by atoms with Crippen LogP contribution in [0.3, 0.4) is 0 Å². The summed E-state index contributed by atoms with van der Waals surface area (Å²) in [6, 6.07) is 12.2. The number of urea groups is 2. The van der Waals surface area contributed by atoms with Gasteiger partial charge in [-0.3, -0.25) is 4.79 Å². The fourth-order valence-corrected chi connectivity index (χ4v) is 5.60. The van der Waals surface area contributed by atoms with Gasteiger partial charge < -0.3 is 40.3 Å². The van der Waals surface area contributed by atoms with Crippen LogP contribution in [-0.4, -0.2) is 84.5 Å². The second-order valence-electron chi connectivity index (χ2n) is 13.0. The number of anilines is 3. The quantitative estimate of drug-likeness (QED) is 0.187. The third-order valence-corrected chi connectivity index (χ3v) is 8.68. The van der Waals surface area contributed by atoms with E-state index in [1.54, 1.807) is 19.1 Å². The standard InChI is InChI=1S/C37H45F4N5O6/c1-23-20-46(24(2)22-47)34(48)31-19-30(43-35(49)42-28-14-10-27(38)11-15-28)16-17-32(31)52-25(3)7-5-6-18-51-33(23)21-45(4)36(50)44-29-12-8-26(9-13-29)37(39,40)41/h8-17,19,23-25,33,47H,5-7,18,20-22H2,1-4H3,(H,44,50)(H2,42,43,49)/t23-,24-,25-,33+/m0/s1. The predicted octanol–water partition coefficient (Wildman–Crippen LogP) is 7.45. The molecule has 5 amide bonds. The second kappa shape index (κ2) is 18.0. The Morgan fingerprint density at radius 3 is 2.23 bits per heavy atom. The molecule has 3 aromatic rings. The van der Waals surface area contributed by atoms with Crippen LogP contribution in [0.5, 0.6) is 5.75 Å². The van der Waals surface area contributed by atoms with Crippen molar-refractivity contribution in [3.63, 3.8) is 0 Å². The molecule has 52 heavy (non-hydrogen) atoms. The smallest absolute Gasteiger partial charge is 0.416 e. The van der Waals surface area contributed by atoms with Crippen molar-refractivity contribution in [1.82, 2.24) is 9.80 Å². The Balaban J connectivity index is 1.55. The van der Waals surface area contributed by atoms with E-state index in [9.17, 15) is 37.1 Å². The first-order valence-electron chi connectivity index (χ1n) is 17.0. The second-order valence-corrected chi connectivity index (χ2v) is 13.0. The van der Waals surface area contributed by atoms with Crippen LogP contribution in [0.25, 0.3) is 0 Å². The molecule has 1 heterocycles. The van der Waals surface area contributed by atoms with Gasteiger partial charge in [-0.05, 0) is 99.8 Å². The zero-order valence-electron chi connectivity index (χ0n) is 29.5. The van der Waals surface area contributed by atoms with Crippen molar-refractivity contribution in [3.8, 4) is 5.75 Å². The van der Waals surface area contributed by atoms with Crippen LogP contribution in [0.4, 0.5) is 44.2 Å². The number of nitrogens with one attached hydrogen (secondary N) is 3. The average molecular weight is 732 g/mol. The molecule has 3 aromatic carbocycles. The molecule has 0 bridgehead atoms. The molecule has 0 saturated carbocycles. The molecule has 0 unspecified atom stereocenters. The summed E-state index contributed by atoms with van der Waals surface area (Å²) in [4.78, 5) is 43.0. The van der Waals surface area contributed by atoms with Gasteiger partial charge in [0.05, 0.1) is 36.0 Å². The largest absolute Gasteiger partial charge is 0.490 e. The number of benzene rings is 3. The van der Waals surface area contributed by atoms with E-state index >= 15 is 0 Å². The zero-order chi connectivity index (χ0) is 38.0. The maximum Gasteiger partial charge on any atom is 0.416 e. The number of fused-ring (bicyclic) bond motifs is 1. The number of ether oxygens (including phenoxy) is 2. The normalized spacial score (nSPS) is 19.4. The lowest BCUT2D eigenvalue weighted by Gasteiger charge is -2.35. The number of carbonyl (C=O) groups excluding carboxylic acids is 3. The van der Waals surface area contributed by atoms with Crippen molar-refractivity contribution >= 4 is 35.0 Å². The molecule has 4 N–H and O–H groups in total. The summed E-state index contributed by atoms with van der Waals surface area (Å²) < 4.78 is 64.8. The minimum absolute atomic E-state index is 0.0938. The van der Waals surface area contributed by atoms with Crippen LogP contribution in [0.1, 0.15) is 56.0 Å². The number of carbonyl (C=O) groups is 3. The third-order valence-electron chi connectivity index (χ3n) is 8.68. The summed E-state index contributed by atoms with van der Waals surface area (Å²) >= 11 is 0. The number of hydrogen-bond donors (Lipinski definition) is 4. The van der Waals surface area contributed by atoms with Gasteiger partial charge >= 0.3 is 18.2 Å². The molecule has 0 aromatic heterocycles. The summed E-state index contributed by atoms with van der Waals surface area (Å²) in [6.45, 7) is 5.64. The molecule has 15 heteroatoms. The molecule has 0 radical (unpaired) electrons. The number of likely N-dealkylation sites (N-methyl/N-ethyl adjacent to an activating group) is 1. The lowest BCUT2D eigenvalue weighted by Crippen LogP contribution is -2.48. The first kappa shape index (κ1) is 39.9. The Hall–Kier alpha value is -4.89. The molecule has 282 valence electrons. The number of amides is 5. The Bertz CT molecular complexity index is 1660. The first-order chi connectivity index (χ1) is 24.6. The third kappa shape index (κ3) is 11.3. The monoisotopic (exact) mass is 731 g/mol. The highest BCUT2D eigenvalue weighted by Gasteiger charge is 2.32. The minimum atomic E-state index is -4.50. The summed E-state index contributed by atoms with van der Waals surface area (Å²) in [5.41, 5.74) is 0.162. The highest BCUT2D eigenvalue weighted by Crippen LogP contribution is 2.31. The van der Waals surface area contributed by atoms with Crippen molar-refractivity contribution in [2.75, 3.05) is 49.3 Å². The van der Waals surface area contributed by atoms with Gasteiger partial charge in [0.2, 0.25) is 0 Å². The number of aliphatic hydroxyl groups excluding tert-OH is 1. The maximum atomic E-state index is 14.3. The molecular weight excluding hydrogens is 686 g/mol. The van der Waals surface area contributed by atoms with Crippen LogP contribution in [-0.2, 0) is 10.9 Å². The molecular formula is C37H45F4N5O6. The van der Waals surface area contributed by atoms with Crippen molar-refractivity contribution in [1.29, 1.82) is 0 Å². The van der Waals surface area contributed by atoms with E-state index < -0.39 is 47.7 Å². The lowest BCUT2D eigenvalue weighted by molar-refractivity contribution is -0.137. The Labute approximate surface area is 300 Å². The predicted molar refractivity (Wildman–Crippen MR) is 189 cm³/mol. The summed E-state index contributed by atoms with van der Waals surface area (Å²) in [5, 5.41) is 18.1. The lowest BCUT2D eigenvalue weighted by atomic mass is 10.0. The van der Waals surface area contributed by atoms with Gasteiger partial charge in [-0.25, -0.2) is 14.0 Å². The van der Waals surface area contributed by atoms with Gasteiger partial charge in [0.25, 0.3) is 5.91 Å². The fourth-order valence-electron chi connectivity index (χ4n) is 5.60. The van der Waals surface area contributed by atoms with Gasteiger partial charge in [-0.2, -0.15) is 13.2 Å². The highest BCUT2D eigenvalue weighted by atomic mass is 19.4. The van der Waals surface area contributed by atoms with E-state index in [1.807, 2.05) is 13.8 Å². The van der Waals surface area contributed by atoms with E-state index in [4.69, 9.17) is 9.47 Å².